The summed E-state index contributed by atoms with van der Waals surface area (Å²) >= 11 is 0. The lowest BCUT2D eigenvalue weighted by Gasteiger charge is -2.24. The summed E-state index contributed by atoms with van der Waals surface area (Å²) in [5.74, 6) is -0.970. The van der Waals surface area contributed by atoms with Gasteiger partial charge >= 0.3 is 12.1 Å². The zero-order chi connectivity index (χ0) is 14.3. The first-order chi connectivity index (χ1) is 8.15. The van der Waals surface area contributed by atoms with E-state index in [0.29, 0.717) is 0 Å². The zero-order valence-corrected chi connectivity index (χ0v) is 11.6. The van der Waals surface area contributed by atoms with Crippen LogP contribution in [0.5, 0.6) is 0 Å². The summed E-state index contributed by atoms with van der Waals surface area (Å²) in [6.07, 6.45) is -0.930. The normalized spacial score (nSPS) is 10.7. The van der Waals surface area contributed by atoms with Crippen molar-refractivity contribution in [2.75, 3.05) is 20.2 Å². The van der Waals surface area contributed by atoms with Gasteiger partial charge in [-0.2, -0.15) is 0 Å². The lowest BCUT2D eigenvalue weighted by molar-refractivity contribution is -0.145. The van der Waals surface area contributed by atoms with Crippen molar-refractivity contribution in [3.63, 3.8) is 0 Å². The molecule has 0 aliphatic rings. The number of hydrogen-bond donors (Lipinski definition) is 0. The Morgan fingerprint density at radius 1 is 1.17 bits per heavy atom. The molecule has 1 amide bonds. The number of amides is 1. The summed E-state index contributed by atoms with van der Waals surface area (Å²) in [7, 11) is 1.44. The summed E-state index contributed by atoms with van der Waals surface area (Å²) in [5, 5.41) is 0. The molecule has 0 saturated carbocycles. The van der Waals surface area contributed by atoms with Gasteiger partial charge in [-0.1, -0.05) is 0 Å². The second-order valence-corrected chi connectivity index (χ2v) is 4.86. The molecule has 0 rings (SSSR count). The third kappa shape index (κ3) is 7.65. The second-order valence-electron chi connectivity index (χ2n) is 4.86. The molecular weight excluding hydrogens is 238 g/mol. The number of likely N-dealkylation sites (N-methyl/N-ethyl adjacent to an activating group) is 1. The van der Waals surface area contributed by atoms with Crippen molar-refractivity contribution in [2.45, 2.75) is 39.7 Å². The molecule has 6 heteroatoms. The van der Waals surface area contributed by atoms with E-state index in [9.17, 15) is 14.4 Å². The first-order valence-corrected chi connectivity index (χ1v) is 5.77. The Morgan fingerprint density at radius 2 is 1.72 bits per heavy atom. The summed E-state index contributed by atoms with van der Waals surface area (Å²) in [5.41, 5.74) is -0.616. The van der Waals surface area contributed by atoms with Gasteiger partial charge in [0.05, 0.1) is 13.2 Å². The number of Topliss-reactive ketones (excluding diaryl/α,β-unsaturated/α-hetero) is 1. The summed E-state index contributed by atoms with van der Waals surface area (Å²) in [4.78, 5) is 35.2. The largest absolute Gasteiger partial charge is 0.466 e. The molecule has 0 aliphatic carbocycles. The van der Waals surface area contributed by atoms with E-state index >= 15 is 0 Å². The van der Waals surface area contributed by atoms with E-state index in [1.165, 1.54) is 7.05 Å². The van der Waals surface area contributed by atoms with E-state index in [1.54, 1.807) is 27.7 Å². The fourth-order valence-electron chi connectivity index (χ4n) is 1.10. The number of carbonyl (C=O) groups is 3. The van der Waals surface area contributed by atoms with Crippen LogP contribution in [0.15, 0.2) is 0 Å². The van der Waals surface area contributed by atoms with Crippen LogP contribution in [0.25, 0.3) is 0 Å². The fraction of sp³-hybridized carbons (Fsp3) is 0.750. The maximum atomic E-state index is 11.5. The molecular formula is C12H21NO5. The molecule has 0 radical (unpaired) electrons. The molecule has 6 nitrogen and oxygen atoms in total. The number of ketones is 1. The van der Waals surface area contributed by atoms with Crippen molar-refractivity contribution in [3.8, 4) is 0 Å². The molecule has 0 saturated heterocycles. The van der Waals surface area contributed by atoms with Crippen LogP contribution in [0.2, 0.25) is 0 Å². The maximum absolute atomic E-state index is 11.5. The van der Waals surface area contributed by atoms with Crippen LogP contribution in [0.4, 0.5) is 4.79 Å². The molecule has 0 atom stereocenters. The molecule has 18 heavy (non-hydrogen) atoms. The van der Waals surface area contributed by atoms with Gasteiger partial charge in [-0.25, -0.2) is 4.79 Å². The van der Waals surface area contributed by atoms with E-state index in [4.69, 9.17) is 4.74 Å². The minimum atomic E-state index is -0.616. The average molecular weight is 259 g/mol. The van der Waals surface area contributed by atoms with Crippen molar-refractivity contribution < 1.29 is 23.9 Å². The van der Waals surface area contributed by atoms with E-state index < -0.39 is 17.7 Å². The Hall–Kier alpha value is -1.59. The lowest BCUT2D eigenvalue weighted by Crippen LogP contribution is -2.37. The van der Waals surface area contributed by atoms with Gasteiger partial charge in [-0.15, -0.1) is 0 Å². The predicted octanol–water partition coefficient (Wildman–Crippen LogP) is 1.38. The van der Waals surface area contributed by atoms with Gasteiger partial charge in [-0.3, -0.25) is 9.59 Å². The van der Waals surface area contributed by atoms with Crippen LogP contribution in [0.3, 0.4) is 0 Å². The Balaban J connectivity index is 4.15. The van der Waals surface area contributed by atoms with Crippen LogP contribution in [0.1, 0.15) is 34.1 Å². The van der Waals surface area contributed by atoms with Crippen molar-refractivity contribution in [1.82, 2.24) is 4.90 Å². The highest BCUT2D eigenvalue weighted by Gasteiger charge is 2.22. The van der Waals surface area contributed by atoms with Gasteiger partial charge < -0.3 is 14.4 Å². The van der Waals surface area contributed by atoms with Crippen molar-refractivity contribution in [1.29, 1.82) is 0 Å². The van der Waals surface area contributed by atoms with Gasteiger partial charge in [0.2, 0.25) is 0 Å². The third-order valence-electron chi connectivity index (χ3n) is 1.77. The Morgan fingerprint density at radius 3 is 2.17 bits per heavy atom. The Kier molecular flexibility index (Phi) is 6.36. The molecule has 0 spiro atoms. The topological polar surface area (TPSA) is 72.9 Å². The minimum absolute atomic E-state index is 0.173. The monoisotopic (exact) mass is 259 g/mol. The highest BCUT2D eigenvalue weighted by Crippen LogP contribution is 2.09. The fourth-order valence-corrected chi connectivity index (χ4v) is 1.10. The van der Waals surface area contributed by atoms with Crippen molar-refractivity contribution in [2.24, 2.45) is 0 Å². The van der Waals surface area contributed by atoms with E-state index in [-0.39, 0.29) is 25.4 Å². The van der Waals surface area contributed by atoms with Gasteiger partial charge in [0, 0.05) is 7.05 Å². The SMILES string of the molecule is CCOC(=O)CC(=O)CN(C)C(=O)OC(C)(C)C. The molecule has 0 aromatic carbocycles. The molecule has 0 aliphatic heterocycles. The molecule has 0 aromatic heterocycles. The quantitative estimate of drug-likeness (QED) is 0.551. The number of carbonyl (C=O) groups excluding carboxylic acids is 3. The Bertz CT molecular complexity index is 319. The highest BCUT2D eigenvalue weighted by molar-refractivity contribution is 5.97. The molecule has 0 aromatic rings. The predicted molar refractivity (Wildman–Crippen MR) is 65.1 cm³/mol. The van der Waals surface area contributed by atoms with Crippen LogP contribution in [-0.4, -0.2) is 48.5 Å². The standard InChI is InChI=1S/C12H21NO5/c1-6-17-10(15)7-9(14)8-13(5)11(16)18-12(2,3)4/h6-8H2,1-5H3. The minimum Gasteiger partial charge on any atom is -0.466 e. The lowest BCUT2D eigenvalue weighted by atomic mass is 10.2. The van der Waals surface area contributed by atoms with E-state index in [2.05, 4.69) is 4.74 Å². The first-order valence-electron chi connectivity index (χ1n) is 5.77. The van der Waals surface area contributed by atoms with E-state index in [1.807, 2.05) is 0 Å². The van der Waals surface area contributed by atoms with Crippen molar-refractivity contribution >= 4 is 17.8 Å². The third-order valence-corrected chi connectivity index (χ3v) is 1.77. The number of esters is 1. The van der Waals surface area contributed by atoms with Crippen LogP contribution < -0.4 is 0 Å². The van der Waals surface area contributed by atoms with Crippen LogP contribution in [0, 0.1) is 0 Å². The molecule has 0 N–H and O–H groups in total. The van der Waals surface area contributed by atoms with E-state index in [0.717, 1.165) is 4.90 Å². The molecule has 0 fully saturated rings. The molecule has 104 valence electrons. The van der Waals surface area contributed by atoms with Crippen LogP contribution >= 0.6 is 0 Å². The second kappa shape index (κ2) is 6.98. The molecule has 0 heterocycles. The first kappa shape index (κ1) is 16.4. The molecule has 0 bridgehead atoms. The van der Waals surface area contributed by atoms with Gasteiger partial charge in [-0.05, 0) is 27.7 Å². The van der Waals surface area contributed by atoms with Crippen molar-refractivity contribution in [3.05, 3.63) is 0 Å². The number of hydrogen-bond acceptors (Lipinski definition) is 5. The van der Waals surface area contributed by atoms with Crippen LogP contribution in [-0.2, 0) is 19.1 Å². The number of ether oxygens (including phenoxy) is 2. The molecule has 0 unspecified atom stereocenters. The smallest absolute Gasteiger partial charge is 0.410 e. The van der Waals surface area contributed by atoms with Gasteiger partial charge in [0.1, 0.15) is 12.0 Å². The summed E-state index contributed by atoms with van der Waals surface area (Å²) in [6.45, 7) is 6.93. The zero-order valence-electron chi connectivity index (χ0n) is 11.6. The summed E-state index contributed by atoms with van der Waals surface area (Å²) in [6, 6.07) is 0. The van der Waals surface area contributed by atoms with Gasteiger partial charge in [0.15, 0.2) is 5.78 Å². The average Bonchev–Trinajstić information content (AvgIpc) is 2.14. The number of nitrogens with zero attached hydrogens (tertiary/aromatic N) is 1. The highest BCUT2D eigenvalue weighted by atomic mass is 16.6. The Labute approximate surface area is 107 Å². The summed E-state index contributed by atoms with van der Waals surface area (Å²) < 4.78 is 9.71. The van der Waals surface area contributed by atoms with Gasteiger partial charge in [0.25, 0.3) is 0 Å². The number of rotatable bonds is 5. The maximum Gasteiger partial charge on any atom is 0.410 e.